The molecule has 0 aromatic carbocycles. The molecule has 3 rings (SSSR count). The first-order valence-corrected chi connectivity index (χ1v) is 6.96. The van der Waals surface area contributed by atoms with Crippen LogP contribution in [-0.2, 0) is 0 Å². The topological polar surface area (TPSA) is 32.5 Å². The Bertz CT molecular complexity index is 256. The third-order valence-electron chi connectivity index (χ3n) is 5.07. The van der Waals surface area contributed by atoms with Crippen molar-refractivity contribution in [2.45, 2.75) is 38.3 Å². The van der Waals surface area contributed by atoms with Crippen molar-refractivity contribution in [1.82, 2.24) is 9.80 Å². The lowest BCUT2D eigenvalue weighted by Gasteiger charge is -2.44. The minimum atomic E-state index is 0.444. The third-order valence-corrected chi connectivity index (χ3v) is 5.07. The molecular weight excluding hydrogens is 198 g/mol. The Morgan fingerprint density at radius 3 is 2.62 bits per heavy atom. The van der Waals surface area contributed by atoms with E-state index in [0.717, 1.165) is 12.0 Å². The van der Waals surface area contributed by atoms with Crippen LogP contribution in [-0.4, -0.2) is 54.6 Å². The molecule has 16 heavy (non-hydrogen) atoms. The molecule has 5 atom stereocenters. The molecule has 0 amide bonds. The van der Waals surface area contributed by atoms with Gasteiger partial charge in [-0.2, -0.15) is 0 Å². The van der Waals surface area contributed by atoms with Gasteiger partial charge in [0.05, 0.1) is 0 Å². The van der Waals surface area contributed by atoms with Crippen molar-refractivity contribution in [1.29, 1.82) is 0 Å². The molecule has 3 nitrogen and oxygen atoms in total. The highest BCUT2D eigenvalue weighted by atomic mass is 15.2. The van der Waals surface area contributed by atoms with Crippen molar-refractivity contribution in [2.75, 3.05) is 32.7 Å². The van der Waals surface area contributed by atoms with Crippen LogP contribution in [0.25, 0.3) is 0 Å². The molecule has 0 saturated carbocycles. The van der Waals surface area contributed by atoms with Crippen LogP contribution in [0.15, 0.2) is 0 Å². The fourth-order valence-electron chi connectivity index (χ4n) is 3.91. The van der Waals surface area contributed by atoms with E-state index >= 15 is 0 Å². The second-order valence-corrected chi connectivity index (χ2v) is 6.13. The zero-order valence-corrected chi connectivity index (χ0v) is 10.4. The van der Waals surface area contributed by atoms with Gasteiger partial charge in [0.2, 0.25) is 0 Å². The maximum Gasteiger partial charge on any atom is 0.0148 e. The van der Waals surface area contributed by atoms with E-state index in [1.54, 1.807) is 0 Å². The van der Waals surface area contributed by atoms with Gasteiger partial charge in [0, 0.05) is 25.2 Å². The monoisotopic (exact) mass is 223 g/mol. The predicted molar refractivity (Wildman–Crippen MR) is 66.3 cm³/mol. The Morgan fingerprint density at radius 2 is 1.81 bits per heavy atom. The maximum atomic E-state index is 6.11. The summed E-state index contributed by atoms with van der Waals surface area (Å²) in [5, 5.41) is 0. The van der Waals surface area contributed by atoms with Crippen LogP contribution in [0.3, 0.4) is 0 Å². The Morgan fingerprint density at radius 1 is 1.00 bits per heavy atom. The molecule has 92 valence electrons. The zero-order valence-electron chi connectivity index (χ0n) is 10.4. The summed E-state index contributed by atoms with van der Waals surface area (Å²) in [6.07, 6.45) is 4.03. The van der Waals surface area contributed by atoms with Gasteiger partial charge in [-0.1, -0.05) is 6.92 Å². The lowest BCUT2D eigenvalue weighted by molar-refractivity contribution is 0.0575. The molecule has 0 aromatic rings. The van der Waals surface area contributed by atoms with E-state index in [4.69, 9.17) is 5.73 Å². The second kappa shape index (κ2) is 4.28. The Labute approximate surface area is 99.0 Å². The van der Waals surface area contributed by atoms with Gasteiger partial charge >= 0.3 is 0 Å². The first-order chi connectivity index (χ1) is 7.74. The number of hydrogen-bond donors (Lipinski definition) is 1. The minimum Gasteiger partial charge on any atom is -0.327 e. The third kappa shape index (κ3) is 1.89. The molecule has 5 unspecified atom stereocenters. The van der Waals surface area contributed by atoms with Crippen LogP contribution in [0.1, 0.15) is 26.2 Å². The van der Waals surface area contributed by atoms with Gasteiger partial charge in [0.15, 0.2) is 0 Å². The van der Waals surface area contributed by atoms with Crippen LogP contribution in [0.2, 0.25) is 0 Å². The number of fused-ring (bicyclic) bond motifs is 2. The number of nitrogens with zero attached hydrogens (tertiary/aromatic N) is 2. The fraction of sp³-hybridized carbons (Fsp3) is 1.00. The van der Waals surface area contributed by atoms with E-state index in [-0.39, 0.29) is 0 Å². The lowest BCUT2D eigenvalue weighted by atomic mass is 9.87. The first-order valence-electron chi connectivity index (χ1n) is 6.96. The van der Waals surface area contributed by atoms with Crippen LogP contribution in [0.5, 0.6) is 0 Å². The molecule has 3 fully saturated rings. The highest BCUT2D eigenvalue weighted by Gasteiger charge is 2.39. The molecule has 3 heteroatoms. The first kappa shape index (κ1) is 11.0. The molecule has 2 bridgehead atoms. The summed E-state index contributed by atoms with van der Waals surface area (Å²) in [7, 11) is 0. The number of hydrogen-bond acceptors (Lipinski definition) is 3. The quantitative estimate of drug-likeness (QED) is 0.712. The van der Waals surface area contributed by atoms with Gasteiger partial charge in [0.1, 0.15) is 0 Å². The Kier molecular flexibility index (Phi) is 2.94. The molecule has 2 N–H and O–H groups in total. The molecular formula is C13H25N3. The standard InChI is InChI=1S/C13H25N3/c1-10-8-16(7-3-12(10)14)13-4-6-15-5-2-11(13)9-15/h10-13H,2-9,14H2,1H3. The van der Waals surface area contributed by atoms with Crippen LogP contribution in [0.4, 0.5) is 0 Å². The average molecular weight is 223 g/mol. The van der Waals surface area contributed by atoms with Gasteiger partial charge in [0.25, 0.3) is 0 Å². The largest absolute Gasteiger partial charge is 0.327 e. The number of piperidine rings is 2. The summed E-state index contributed by atoms with van der Waals surface area (Å²) >= 11 is 0. The highest BCUT2D eigenvalue weighted by Crippen LogP contribution is 2.32. The van der Waals surface area contributed by atoms with E-state index < -0.39 is 0 Å². The average Bonchev–Trinajstić information content (AvgIpc) is 2.65. The van der Waals surface area contributed by atoms with Gasteiger partial charge in [-0.15, -0.1) is 0 Å². The number of nitrogens with two attached hydrogens (primary N) is 1. The Balaban J connectivity index is 1.64. The van der Waals surface area contributed by atoms with E-state index in [9.17, 15) is 0 Å². The summed E-state index contributed by atoms with van der Waals surface area (Å²) in [5.74, 6) is 1.64. The predicted octanol–water partition coefficient (Wildman–Crippen LogP) is 0.750. The lowest BCUT2D eigenvalue weighted by Crippen LogP contribution is -2.54. The summed E-state index contributed by atoms with van der Waals surface area (Å²) in [6, 6.07) is 1.31. The SMILES string of the molecule is CC1CN(C2CCN3CCC2C3)CCC1N. The zero-order chi connectivity index (χ0) is 11.1. The molecule has 3 saturated heterocycles. The summed E-state index contributed by atoms with van der Waals surface area (Å²) in [4.78, 5) is 5.39. The van der Waals surface area contributed by atoms with Gasteiger partial charge in [-0.05, 0) is 50.7 Å². The molecule has 3 heterocycles. The summed E-state index contributed by atoms with van der Waals surface area (Å²) in [5.41, 5.74) is 6.11. The fourth-order valence-corrected chi connectivity index (χ4v) is 3.91. The van der Waals surface area contributed by atoms with Crippen molar-refractivity contribution in [3.63, 3.8) is 0 Å². The molecule has 0 aliphatic carbocycles. The van der Waals surface area contributed by atoms with Crippen molar-refractivity contribution in [3.8, 4) is 0 Å². The summed E-state index contributed by atoms with van der Waals surface area (Å²) < 4.78 is 0. The van der Waals surface area contributed by atoms with Crippen LogP contribution >= 0.6 is 0 Å². The van der Waals surface area contributed by atoms with Gasteiger partial charge < -0.3 is 10.6 Å². The van der Waals surface area contributed by atoms with Crippen LogP contribution in [0, 0.1) is 11.8 Å². The van der Waals surface area contributed by atoms with E-state index in [1.165, 1.54) is 52.0 Å². The molecule has 3 aliphatic heterocycles. The van der Waals surface area contributed by atoms with Crippen LogP contribution < -0.4 is 5.73 Å². The van der Waals surface area contributed by atoms with Crippen molar-refractivity contribution < 1.29 is 0 Å². The van der Waals surface area contributed by atoms with E-state index in [0.29, 0.717) is 12.0 Å². The number of likely N-dealkylation sites (tertiary alicyclic amines) is 1. The minimum absolute atomic E-state index is 0.444. The maximum absolute atomic E-state index is 6.11. The van der Waals surface area contributed by atoms with Crippen molar-refractivity contribution in [2.24, 2.45) is 17.6 Å². The van der Waals surface area contributed by atoms with Gasteiger partial charge in [-0.25, -0.2) is 0 Å². The summed E-state index contributed by atoms with van der Waals surface area (Å²) in [6.45, 7) is 8.85. The van der Waals surface area contributed by atoms with E-state index in [2.05, 4.69) is 16.7 Å². The van der Waals surface area contributed by atoms with Gasteiger partial charge in [-0.3, -0.25) is 4.90 Å². The number of rotatable bonds is 1. The molecule has 0 aromatic heterocycles. The smallest absolute Gasteiger partial charge is 0.0148 e. The molecule has 0 radical (unpaired) electrons. The molecule has 0 spiro atoms. The Hall–Kier alpha value is -0.120. The van der Waals surface area contributed by atoms with Crippen molar-refractivity contribution >= 4 is 0 Å². The second-order valence-electron chi connectivity index (χ2n) is 6.13. The van der Waals surface area contributed by atoms with Crippen molar-refractivity contribution in [3.05, 3.63) is 0 Å². The molecule has 3 aliphatic rings. The normalized spacial score (nSPS) is 49.5. The highest BCUT2D eigenvalue weighted by molar-refractivity contribution is 4.94. The van der Waals surface area contributed by atoms with E-state index in [1.807, 2.05) is 0 Å².